The standard InChI is InChI=1S/C20H25N3O/c1-17(20(24)21(2)18-9-5-3-6-10-18)22-13-15-23(16-14-22)19-11-7-4-8-12-19/h3-12,17H,13-16H2,1-2H3/p+1/t17-/m0/s1. The van der Waals surface area contributed by atoms with Crippen LogP contribution in [0.15, 0.2) is 60.7 Å². The van der Waals surface area contributed by atoms with Gasteiger partial charge in [0, 0.05) is 18.4 Å². The first kappa shape index (κ1) is 16.5. The van der Waals surface area contributed by atoms with Crippen LogP contribution in [0, 0.1) is 0 Å². The summed E-state index contributed by atoms with van der Waals surface area (Å²) in [7, 11) is 1.87. The number of carbonyl (C=O) groups excluding carboxylic acids is 1. The number of anilines is 2. The molecular weight excluding hydrogens is 298 g/mol. The highest BCUT2D eigenvalue weighted by molar-refractivity contribution is 5.95. The molecule has 4 nitrogen and oxygen atoms in total. The van der Waals surface area contributed by atoms with Crippen molar-refractivity contribution in [3.05, 3.63) is 60.7 Å². The Balaban J connectivity index is 1.58. The third-order valence-corrected chi connectivity index (χ3v) is 4.98. The highest BCUT2D eigenvalue weighted by Crippen LogP contribution is 2.13. The highest BCUT2D eigenvalue weighted by atomic mass is 16.2. The number of quaternary nitrogens is 1. The van der Waals surface area contributed by atoms with Gasteiger partial charge in [-0.25, -0.2) is 0 Å². The van der Waals surface area contributed by atoms with E-state index in [9.17, 15) is 4.79 Å². The second-order valence-electron chi connectivity index (χ2n) is 6.44. The molecule has 1 aliphatic rings. The Hall–Kier alpha value is -2.33. The SMILES string of the molecule is C[C@@H](C(=O)N(C)c1ccccc1)[NH+]1CCN(c2ccccc2)CC1. The molecule has 24 heavy (non-hydrogen) atoms. The van der Waals surface area contributed by atoms with Gasteiger partial charge < -0.3 is 14.7 Å². The zero-order chi connectivity index (χ0) is 16.9. The number of piperazine rings is 1. The lowest BCUT2D eigenvalue weighted by molar-refractivity contribution is -0.914. The predicted molar refractivity (Wildman–Crippen MR) is 98.7 cm³/mol. The molecule has 1 fully saturated rings. The summed E-state index contributed by atoms with van der Waals surface area (Å²) in [6.45, 7) is 6.02. The van der Waals surface area contributed by atoms with Crippen LogP contribution in [0.5, 0.6) is 0 Å². The molecule has 0 saturated carbocycles. The number of nitrogens with one attached hydrogen (secondary N) is 1. The molecule has 0 radical (unpaired) electrons. The van der Waals surface area contributed by atoms with Crippen molar-refractivity contribution < 1.29 is 9.69 Å². The minimum atomic E-state index is -0.0203. The fourth-order valence-corrected chi connectivity index (χ4v) is 3.37. The monoisotopic (exact) mass is 324 g/mol. The predicted octanol–water partition coefficient (Wildman–Crippen LogP) is 1.44. The van der Waals surface area contributed by atoms with Crippen molar-refractivity contribution in [3.63, 3.8) is 0 Å². The number of hydrogen-bond acceptors (Lipinski definition) is 2. The minimum absolute atomic E-state index is 0.0203. The molecule has 4 heteroatoms. The van der Waals surface area contributed by atoms with Crippen molar-refractivity contribution in [2.45, 2.75) is 13.0 Å². The summed E-state index contributed by atoms with van der Waals surface area (Å²) < 4.78 is 0. The molecule has 2 aromatic rings. The number of likely N-dealkylation sites (N-methyl/N-ethyl adjacent to an activating group) is 1. The first-order chi connectivity index (χ1) is 11.7. The number of benzene rings is 2. The van der Waals surface area contributed by atoms with E-state index in [4.69, 9.17) is 0 Å². The van der Waals surface area contributed by atoms with Gasteiger partial charge in [0.15, 0.2) is 6.04 Å². The van der Waals surface area contributed by atoms with Gasteiger partial charge in [0.1, 0.15) is 0 Å². The van der Waals surface area contributed by atoms with Gasteiger partial charge in [0.25, 0.3) is 5.91 Å². The number of nitrogens with zero attached hydrogens (tertiary/aromatic N) is 2. The van der Waals surface area contributed by atoms with Crippen LogP contribution in [-0.4, -0.2) is 45.2 Å². The average Bonchev–Trinajstić information content (AvgIpc) is 2.68. The van der Waals surface area contributed by atoms with Gasteiger partial charge >= 0.3 is 0 Å². The van der Waals surface area contributed by atoms with E-state index in [0.717, 1.165) is 31.9 Å². The third kappa shape index (κ3) is 3.60. The lowest BCUT2D eigenvalue weighted by Gasteiger charge is -2.36. The van der Waals surface area contributed by atoms with E-state index in [1.165, 1.54) is 10.6 Å². The molecule has 0 aliphatic carbocycles. The first-order valence-corrected chi connectivity index (χ1v) is 8.64. The molecule has 0 unspecified atom stereocenters. The summed E-state index contributed by atoms with van der Waals surface area (Å²) >= 11 is 0. The van der Waals surface area contributed by atoms with Crippen LogP contribution in [0.2, 0.25) is 0 Å². The van der Waals surface area contributed by atoms with Crippen LogP contribution in [-0.2, 0) is 4.79 Å². The lowest BCUT2D eigenvalue weighted by atomic mass is 10.1. The summed E-state index contributed by atoms with van der Waals surface area (Å²) in [5.74, 6) is 0.185. The van der Waals surface area contributed by atoms with Gasteiger partial charge in [-0.05, 0) is 31.2 Å². The topological polar surface area (TPSA) is 28.0 Å². The van der Waals surface area contributed by atoms with Crippen molar-refractivity contribution in [2.24, 2.45) is 0 Å². The van der Waals surface area contributed by atoms with E-state index < -0.39 is 0 Å². The van der Waals surface area contributed by atoms with E-state index in [1.807, 2.05) is 43.4 Å². The summed E-state index contributed by atoms with van der Waals surface area (Å²) in [6.07, 6.45) is 0. The van der Waals surface area contributed by atoms with Crippen molar-refractivity contribution in [1.82, 2.24) is 0 Å². The Labute approximate surface area is 144 Å². The Morgan fingerprint density at radius 2 is 1.54 bits per heavy atom. The van der Waals surface area contributed by atoms with Gasteiger partial charge in [-0.1, -0.05) is 36.4 Å². The fourth-order valence-electron chi connectivity index (χ4n) is 3.37. The zero-order valence-electron chi connectivity index (χ0n) is 14.5. The largest absolute Gasteiger partial charge is 0.360 e. The molecule has 126 valence electrons. The summed E-state index contributed by atoms with van der Waals surface area (Å²) in [5, 5.41) is 0. The van der Waals surface area contributed by atoms with Gasteiger partial charge in [0.2, 0.25) is 0 Å². The molecule has 1 heterocycles. The molecule has 0 spiro atoms. The van der Waals surface area contributed by atoms with Crippen molar-refractivity contribution in [1.29, 1.82) is 0 Å². The maximum Gasteiger partial charge on any atom is 0.284 e. The molecule has 1 atom stereocenters. The molecule has 1 N–H and O–H groups in total. The second-order valence-corrected chi connectivity index (χ2v) is 6.44. The Kier molecular flexibility index (Phi) is 5.16. The maximum absolute atomic E-state index is 12.8. The summed E-state index contributed by atoms with van der Waals surface area (Å²) in [6, 6.07) is 20.4. The number of para-hydroxylation sites is 2. The highest BCUT2D eigenvalue weighted by Gasteiger charge is 2.31. The molecule has 0 bridgehead atoms. The quantitative estimate of drug-likeness (QED) is 0.922. The van der Waals surface area contributed by atoms with Crippen LogP contribution < -0.4 is 14.7 Å². The van der Waals surface area contributed by atoms with Crippen LogP contribution >= 0.6 is 0 Å². The molecule has 3 rings (SSSR count). The van der Waals surface area contributed by atoms with Crippen molar-refractivity contribution in [3.8, 4) is 0 Å². The number of hydrogen-bond donors (Lipinski definition) is 1. The Morgan fingerprint density at radius 1 is 1.00 bits per heavy atom. The Morgan fingerprint density at radius 3 is 2.12 bits per heavy atom. The summed E-state index contributed by atoms with van der Waals surface area (Å²) in [5.41, 5.74) is 2.23. The molecule has 1 aliphatic heterocycles. The van der Waals surface area contributed by atoms with Crippen LogP contribution in [0.4, 0.5) is 11.4 Å². The number of carbonyl (C=O) groups is 1. The molecule has 1 amide bonds. The third-order valence-electron chi connectivity index (χ3n) is 4.98. The smallest absolute Gasteiger partial charge is 0.284 e. The Bertz CT molecular complexity index is 651. The summed E-state index contributed by atoms with van der Waals surface area (Å²) in [4.78, 5) is 18.3. The number of rotatable bonds is 4. The van der Waals surface area contributed by atoms with Crippen molar-refractivity contribution in [2.75, 3.05) is 43.0 Å². The minimum Gasteiger partial charge on any atom is -0.360 e. The van der Waals surface area contributed by atoms with Gasteiger partial charge in [-0.2, -0.15) is 0 Å². The maximum atomic E-state index is 12.8. The van der Waals surface area contributed by atoms with E-state index in [0.29, 0.717) is 0 Å². The van der Waals surface area contributed by atoms with Crippen LogP contribution in [0.3, 0.4) is 0 Å². The lowest BCUT2D eigenvalue weighted by Crippen LogP contribution is -3.19. The van der Waals surface area contributed by atoms with Crippen LogP contribution in [0.1, 0.15) is 6.92 Å². The first-order valence-electron chi connectivity index (χ1n) is 8.64. The van der Waals surface area contributed by atoms with E-state index in [2.05, 4.69) is 36.1 Å². The normalized spacial score (nSPS) is 16.7. The van der Waals surface area contributed by atoms with Gasteiger partial charge in [0.05, 0.1) is 26.2 Å². The van der Waals surface area contributed by atoms with E-state index in [-0.39, 0.29) is 11.9 Å². The average molecular weight is 324 g/mol. The number of amides is 1. The fraction of sp³-hybridized carbons (Fsp3) is 0.350. The molecule has 2 aromatic carbocycles. The zero-order valence-corrected chi connectivity index (χ0v) is 14.5. The van der Waals surface area contributed by atoms with Crippen LogP contribution in [0.25, 0.3) is 0 Å². The van der Waals surface area contributed by atoms with E-state index >= 15 is 0 Å². The molecular formula is C20H26N3O+. The second kappa shape index (κ2) is 7.49. The molecule has 0 aromatic heterocycles. The van der Waals surface area contributed by atoms with Crippen molar-refractivity contribution >= 4 is 17.3 Å². The van der Waals surface area contributed by atoms with Gasteiger partial charge in [-0.3, -0.25) is 4.79 Å². The van der Waals surface area contributed by atoms with Gasteiger partial charge in [-0.15, -0.1) is 0 Å². The van der Waals surface area contributed by atoms with E-state index in [1.54, 1.807) is 4.90 Å². The molecule has 1 saturated heterocycles.